The number of benzene rings is 3. The van der Waals surface area contributed by atoms with Crippen LogP contribution in [0.3, 0.4) is 0 Å². The summed E-state index contributed by atoms with van der Waals surface area (Å²) in [5.74, 6) is 0.652. The Labute approximate surface area is 187 Å². The van der Waals surface area contributed by atoms with Crippen LogP contribution in [0, 0.1) is 0 Å². The first-order valence-corrected chi connectivity index (χ1v) is 10.1. The number of carbonyl (C=O) groups excluding carboxylic acids is 2. The summed E-state index contributed by atoms with van der Waals surface area (Å²) in [6.45, 7) is 1.91. The smallest absolute Gasteiger partial charge is 0.257 e. The van der Waals surface area contributed by atoms with Gasteiger partial charge in [-0.15, -0.1) is 0 Å². The number of rotatable bonds is 9. The van der Waals surface area contributed by atoms with E-state index in [9.17, 15) is 9.59 Å². The van der Waals surface area contributed by atoms with E-state index >= 15 is 0 Å². The molecule has 0 fully saturated rings. The molecule has 0 aromatic heterocycles. The Bertz CT molecular complexity index is 1080. The summed E-state index contributed by atoms with van der Waals surface area (Å²) >= 11 is 0. The average molecular weight is 434 g/mol. The molecule has 166 valence electrons. The lowest BCUT2D eigenvalue weighted by Crippen LogP contribution is -2.28. The second kappa shape index (κ2) is 11.0. The molecular formula is C25H26N2O5. The average Bonchev–Trinajstić information content (AvgIpc) is 2.83. The number of methoxy groups -OCH3 is 2. The molecule has 1 unspecified atom stereocenters. The third-order valence-corrected chi connectivity index (χ3v) is 4.76. The van der Waals surface area contributed by atoms with Crippen molar-refractivity contribution < 1.29 is 23.8 Å². The van der Waals surface area contributed by atoms with E-state index in [1.165, 1.54) is 0 Å². The van der Waals surface area contributed by atoms with Crippen LogP contribution >= 0.6 is 0 Å². The molecule has 7 heteroatoms. The van der Waals surface area contributed by atoms with Crippen LogP contribution in [-0.2, 0) is 16.1 Å². The molecule has 0 radical (unpaired) electrons. The summed E-state index contributed by atoms with van der Waals surface area (Å²) in [6.07, 6.45) is -0.726. The minimum Gasteiger partial charge on any atom is -0.497 e. The topological polar surface area (TPSA) is 85.9 Å². The van der Waals surface area contributed by atoms with Crippen molar-refractivity contribution in [1.82, 2.24) is 0 Å². The molecule has 3 aromatic carbocycles. The zero-order valence-electron chi connectivity index (χ0n) is 18.3. The van der Waals surface area contributed by atoms with Crippen LogP contribution in [0.4, 0.5) is 11.4 Å². The van der Waals surface area contributed by atoms with Crippen molar-refractivity contribution in [3.8, 4) is 11.5 Å². The molecule has 32 heavy (non-hydrogen) atoms. The number of ether oxygens (including phenoxy) is 3. The Morgan fingerprint density at radius 1 is 0.844 bits per heavy atom. The van der Waals surface area contributed by atoms with Crippen molar-refractivity contribution >= 4 is 23.2 Å². The summed E-state index contributed by atoms with van der Waals surface area (Å²) < 4.78 is 16.1. The maximum absolute atomic E-state index is 12.8. The van der Waals surface area contributed by atoms with Crippen molar-refractivity contribution in [2.24, 2.45) is 0 Å². The Morgan fingerprint density at radius 2 is 1.53 bits per heavy atom. The van der Waals surface area contributed by atoms with E-state index in [0.717, 1.165) is 11.3 Å². The molecule has 0 aliphatic rings. The van der Waals surface area contributed by atoms with Gasteiger partial charge in [0.15, 0.2) is 0 Å². The Kier molecular flexibility index (Phi) is 7.83. The van der Waals surface area contributed by atoms with Gasteiger partial charge in [0.1, 0.15) is 17.6 Å². The number of amides is 2. The van der Waals surface area contributed by atoms with Gasteiger partial charge in [0.05, 0.1) is 32.1 Å². The maximum atomic E-state index is 12.8. The quantitative estimate of drug-likeness (QED) is 0.518. The van der Waals surface area contributed by atoms with Crippen molar-refractivity contribution in [1.29, 1.82) is 0 Å². The van der Waals surface area contributed by atoms with Gasteiger partial charge in [0.2, 0.25) is 0 Å². The van der Waals surface area contributed by atoms with Crippen LogP contribution in [0.25, 0.3) is 0 Å². The Hall–Kier alpha value is -3.84. The second-order valence-electron chi connectivity index (χ2n) is 7.03. The molecule has 0 heterocycles. The van der Waals surface area contributed by atoms with E-state index in [1.807, 2.05) is 24.3 Å². The maximum Gasteiger partial charge on any atom is 0.257 e. The lowest BCUT2D eigenvalue weighted by molar-refractivity contribution is -0.127. The minimum atomic E-state index is -0.726. The van der Waals surface area contributed by atoms with E-state index in [2.05, 4.69) is 10.6 Å². The number of anilines is 2. The predicted octanol–water partition coefficient (Wildman–Crippen LogP) is 4.50. The highest BCUT2D eigenvalue weighted by Crippen LogP contribution is 2.21. The molecule has 0 aliphatic carbocycles. The van der Waals surface area contributed by atoms with Crippen molar-refractivity contribution in [2.75, 3.05) is 24.9 Å². The molecule has 2 amide bonds. The van der Waals surface area contributed by atoms with Crippen LogP contribution in [-0.4, -0.2) is 32.1 Å². The highest BCUT2D eigenvalue weighted by atomic mass is 16.5. The fraction of sp³-hybridized carbons (Fsp3) is 0.200. The molecule has 0 saturated carbocycles. The molecule has 2 N–H and O–H groups in total. The van der Waals surface area contributed by atoms with Crippen LogP contribution in [0.1, 0.15) is 22.8 Å². The van der Waals surface area contributed by atoms with Crippen molar-refractivity contribution in [3.05, 3.63) is 83.9 Å². The van der Waals surface area contributed by atoms with E-state index in [1.54, 1.807) is 69.7 Å². The standard InChI is InChI=1S/C25H26N2O5/c1-17(32-16-18-8-6-10-20(14-18)30-2)24(28)27-23-13-5-4-12-22(23)25(29)26-19-9-7-11-21(15-19)31-3/h4-15,17H,16H2,1-3H3,(H,26,29)(H,27,28). The molecular weight excluding hydrogens is 408 g/mol. The lowest BCUT2D eigenvalue weighted by atomic mass is 10.1. The Morgan fingerprint density at radius 3 is 2.28 bits per heavy atom. The van der Waals surface area contributed by atoms with E-state index < -0.39 is 6.10 Å². The minimum absolute atomic E-state index is 0.254. The number of hydrogen-bond donors (Lipinski definition) is 2. The fourth-order valence-corrected chi connectivity index (χ4v) is 2.98. The SMILES string of the molecule is COc1cccc(COC(C)C(=O)Nc2ccccc2C(=O)Nc2cccc(OC)c2)c1. The number of hydrogen-bond acceptors (Lipinski definition) is 5. The molecule has 7 nitrogen and oxygen atoms in total. The number of carbonyl (C=O) groups is 2. The summed E-state index contributed by atoms with van der Waals surface area (Å²) in [5, 5.41) is 5.60. The fourth-order valence-electron chi connectivity index (χ4n) is 2.98. The van der Waals surface area contributed by atoms with Crippen LogP contribution < -0.4 is 20.1 Å². The molecule has 0 spiro atoms. The van der Waals surface area contributed by atoms with E-state index in [0.29, 0.717) is 22.7 Å². The van der Waals surface area contributed by atoms with Gasteiger partial charge >= 0.3 is 0 Å². The Balaban J connectivity index is 1.64. The van der Waals surface area contributed by atoms with Crippen molar-refractivity contribution in [2.45, 2.75) is 19.6 Å². The van der Waals surface area contributed by atoms with Gasteiger partial charge in [-0.2, -0.15) is 0 Å². The molecule has 0 saturated heterocycles. The summed E-state index contributed by atoms with van der Waals surface area (Å²) in [5.41, 5.74) is 2.21. The highest BCUT2D eigenvalue weighted by Gasteiger charge is 2.18. The van der Waals surface area contributed by atoms with Gasteiger partial charge in [-0.25, -0.2) is 0 Å². The first-order valence-electron chi connectivity index (χ1n) is 10.1. The monoisotopic (exact) mass is 434 g/mol. The molecule has 3 rings (SSSR count). The van der Waals surface area contributed by atoms with Gasteiger partial charge in [0, 0.05) is 11.8 Å². The van der Waals surface area contributed by atoms with Crippen LogP contribution in [0.15, 0.2) is 72.8 Å². The molecule has 0 aliphatic heterocycles. The highest BCUT2D eigenvalue weighted by molar-refractivity contribution is 6.10. The largest absolute Gasteiger partial charge is 0.497 e. The second-order valence-corrected chi connectivity index (χ2v) is 7.03. The van der Waals surface area contributed by atoms with Crippen molar-refractivity contribution in [3.63, 3.8) is 0 Å². The zero-order chi connectivity index (χ0) is 22.9. The van der Waals surface area contributed by atoms with Gasteiger partial charge in [-0.05, 0) is 48.9 Å². The van der Waals surface area contributed by atoms with E-state index in [-0.39, 0.29) is 18.4 Å². The third kappa shape index (κ3) is 6.09. The van der Waals surface area contributed by atoms with E-state index in [4.69, 9.17) is 14.2 Å². The molecule has 0 bridgehead atoms. The lowest BCUT2D eigenvalue weighted by Gasteiger charge is -2.16. The molecule has 3 aromatic rings. The van der Waals surface area contributed by atoms with Gasteiger partial charge < -0.3 is 24.8 Å². The third-order valence-electron chi connectivity index (χ3n) is 4.76. The first-order chi connectivity index (χ1) is 15.5. The normalized spacial score (nSPS) is 11.3. The first kappa shape index (κ1) is 22.8. The zero-order valence-corrected chi connectivity index (χ0v) is 18.3. The van der Waals surface area contributed by atoms with Gasteiger partial charge in [0.25, 0.3) is 11.8 Å². The van der Waals surface area contributed by atoms with Crippen LogP contribution in [0.5, 0.6) is 11.5 Å². The summed E-state index contributed by atoms with van der Waals surface area (Å²) in [6, 6.07) is 21.3. The predicted molar refractivity (Wildman–Crippen MR) is 123 cm³/mol. The summed E-state index contributed by atoms with van der Waals surface area (Å²) in [7, 11) is 3.15. The number of nitrogens with one attached hydrogen (secondary N) is 2. The molecule has 1 atom stereocenters. The number of para-hydroxylation sites is 1. The van der Waals surface area contributed by atoms with Gasteiger partial charge in [-0.1, -0.05) is 30.3 Å². The van der Waals surface area contributed by atoms with Crippen LogP contribution in [0.2, 0.25) is 0 Å². The van der Waals surface area contributed by atoms with Gasteiger partial charge in [-0.3, -0.25) is 9.59 Å². The summed E-state index contributed by atoms with van der Waals surface area (Å²) in [4.78, 5) is 25.5.